The predicted molar refractivity (Wildman–Crippen MR) is 68.8 cm³/mol. The van der Waals surface area contributed by atoms with Crippen LogP contribution in [0.4, 0.5) is 0 Å². The molecule has 0 aliphatic heterocycles. The minimum atomic E-state index is -0.921. The molecule has 0 saturated heterocycles. The fourth-order valence-electron chi connectivity index (χ4n) is 1.67. The summed E-state index contributed by atoms with van der Waals surface area (Å²) in [5.41, 5.74) is 1.41. The molecule has 0 fully saturated rings. The Morgan fingerprint density at radius 2 is 1.94 bits per heavy atom. The van der Waals surface area contributed by atoms with Crippen molar-refractivity contribution in [2.45, 2.75) is 12.7 Å². The summed E-state index contributed by atoms with van der Waals surface area (Å²) in [4.78, 5) is 0. The van der Waals surface area contributed by atoms with Crippen LogP contribution in [0.2, 0.25) is 5.02 Å². The molecule has 0 aliphatic carbocycles. The Balaban J connectivity index is 2.55. The minimum absolute atomic E-state index is 0.602. The Morgan fingerprint density at radius 1 is 1.28 bits per heavy atom. The van der Waals surface area contributed by atoms with Gasteiger partial charge >= 0.3 is 0 Å². The molecule has 0 atom stereocenters. The van der Waals surface area contributed by atoms with Crippen LogP contribution < -0.4 is 0 Å². The third-order valence-electron chi connectivity index (χ3n) is 2.88. The van der Waals surface area contributed by atoms with Gasteiger partial charge in [0.05, 0.1) is 16.9 Å². The van der Waals surface area contributed by atoms with Crippen LogP contribution in [0.15, 0.2) is 30.5 Å². The summed E-state index contributed by atoms with van der Waals surface area (Å²) in [5.74, 6) is -0.921. The van der Waals surface area contributed by atoms with E-state index in [1.807, 2.05) is 18.2 Å². The molecule has 0 N–H and O–H groups in total. The molecule has 1 heterocycles. The number of nitrogens with zero attached hydrogens (tertiary/aromatic N) is 2. The van der Waals surface area contributed by atoms with Crippen LogP contribution in [0.1, 0.15) is 12.6 Å². The first kappa shape index (κ1) is 13.1. The third-order valence-corrected chi connectivity index (χ3v) is 3.20. The van der Waals surface area contributed by atoms with E-state index in [2.05, 4.69) is 11.2 Å². The normalized spacial score (nSPS) is 11.8. The lowest BCUT2D eigenvalue weighted by molar-refractivity contribution is -0.205. The number of rotatable bonds is 4. The summed E-state index contributed by atoms with van der Waals surface area (Å²) in [6.07, 6.45) is 1.56. The van der Waals surface area contributed by atoms with Gasteiger partial charge in [0, 0.05) is 20.3 Å². The van der Waals surface area contributed by atoms with Crippen molar-refractivity contribution in [1.82, 2.24) is 9.78 Å². The minimum Gasteiger partial charge on any atom is -0.348 e. The monoisotopic (exact) mass is 265 g/mol. The van der Waals surface area contributed by atoms with Gasteiger partial charge in [-0.2, -0.15) is 5.10 Å². The van der Waals surface area contributed by atoms with Gasteiger partial charge in [0.15, 0.2) is 0 Å². The summed E-state index contributed by atoms with van der Waals surface area (Å²) in [6.45, 7) is 1.80. The molecule has 5 heteroatoms. The molecule has 0 unspecified atom stereocenters. The van der Waals surface area contributed by atoms with E-state index in [4.69, 9.17) is 21.1 Å². The van der Waals surface area contributed by atoms with Crippen molar-refractivity contribution in [3.8, 4) is 5.69 Å². The molecule has 0 spiro atoms. The summed E-state index contributed by atoms with van der Waals surface area (Å²) in [6, 6.07) is 10.5. The second-order valence-corrected chi connectivity index (χ2v) is 4.26. The van der Waals surface area contributed by atoms with Gasteiger partial charge in [-0.05, 0) is 19.1 Å². The molecular formula is C13H14ClN2O2. The van der Waals surface area contributed by atoms with Gasteiger partial charge in [-0.1, -0.05) is 23.7 Å². The predicted octanol–water partition coefficient (Wildman–Crippen LogP) is 2.79. The van der Waals surface area contributed by atoms with Crippen molar-refractivity contribution in [2.24, 2.45) is 0 Å². The van der Waals surface area contributed by atoms with Crippen LogP contribution in [0, 0.1) is 6.07 Å². The van der Waals surface area contributed by atoms with Crippen LogP contribution in [0.5, 0.6) is 0 Å². The van der Waals surface area contributed by atoms with Gasteiger partial charge in [-0.15, -0.1) is 0 Å². The maximum atomic E-state index is 6.17. The van der Waals surface area contributed by atoms with Crippen LogP contribution in [-0.2, 0) is 15.3 Å². The lowest BCUT2D eigenvalue weighted by Gasteiger charge is -2.26. The molecule has 18 heavy (non-hydrogen) atoms. The van der Waals surface area contributed by atoms with E-state index in [0.29, 0.717) is 10.7 Å². The smallest absolute Gasteiger partial charge is 0.209 e. The van der Waals surface area contributed by atoms with Crippen molar-refractivity contribution in [3.05, 3.63) is 47.2 Å². The van der Waals surface area contributed by atoms with Crippen molar-refractivity contribution < 1.29 is 9.47 Å². The molecule has 2 aromatic rings. The second kappa shape index (κ2) is 5.10. The van der Waals surface area contributed by atoms with Gasteiger partial charge in [0.1, 0.15) is 5.69 Å². The van der Waals surface area contributed by atoms with E-state index >= 15 is 0 Å². The van der Waals surface area contributed by atoms with Crippen LogP contribution in [0.25, 0.3) is 5.69 Å². The van der Waals surface area contributed by atoms with E-state index < -0.39 is 5.79 Å². The van der Waals surface area contributed by atoms with Crippen LogP contribution >= 0.6 is 11.6 Å². The zero-order valence-corrected chi connectivity index (χ0v) is 11.2. The highest BCUT2D eigenvalue weighted by Crippen LogP contribution is 2.29. The van der Waals surface area contributed by atoms with E-state index in [1.54, 1.807) is 38.1 Å². The topological polar surface area (TPSA) is 36.3 Å². The Labute approximate surface area is 111 Å². The number of hydrogen-bond donors (Lipinski definition) is 0. The fourth-order valence-corrected chi connectivity index (χ4v) is 1.89. The molecule has 1 aromatic heterocycles. The highest BCUT2D eigenvalue weighted by Gasteiger charge is 2.30. The zero-order chi connectivity index (χ0) is 13.2. The van der Waals surface area contributed by atoms with Gasteiger partial charge in [-0.3, -0.25) is 0 Å². The van der Waals surface area contributed by atoms with E-state index in [-0.39, 0.29) is 0 Å². The first-order valence-electron chi connectivity index (χ1n) is 5.44. The molecule has 2 rings (SSSR count). The molecule has 1 aromatic carbocycles. The van der Waals surface area contributed by atoms with Crippen molar-refractivity contribution in [3.63, 3.8) is 0 Å². The SMILES string of the molecule is COC(C)(OC)c1[c]cnn1-c1ccccc1Cl. The number of benzene rings is 1. The fraction of sp³-hybridized carbons (Fsp3) is 0.308. The van der Waals surface area contributed by atoms with E-state index in [0.717, 1.165) is 5.69 Å². The van der Waals surface area contributed by atoms with Crippen LogP contribution in [0.3, 0.4) is 0 Å². The average molecular weight is 266 g/mol. The maximum absolute atomic E-state index is 6.17. The summed E-state index contributed by atoms with van der Waals surface area (Å²) in [5, 5.41) is 4.83. The molecule has 95 valence electrons. The Bertz CT molecular complexity index is 535. The van der Waals surface area contributed by atoms with Crippen molar-refractivity contribution in [1.29, 1.82) is 0 Å². The number of methoxy groups -OCH3 is 2. The highest BCUT2D eigenvalue weighted by molar-refractivity contribution is 6.32. The van der Waals surface area contributed by atoms with Gasteiger partial charge < -0.3 is 9.47 Å². The summed E-state index contributed by atoms with van der Waals surface area (Å²) >= 11 is 6.17. The third kappa shape index (κ3) is 2.14. The average Bonchev–Trinajstić information content (AvgIpc) is 2.88. The van der Waals surface area contributed by atoms with E-state index in [1.165, 1.54) is 0 Å². The highest BCUT2D eigenvalue weighted by atomic mass is 35.5. The number of ether oxygens (including phenoxy) is 2. The number of hydrogen-bond acceptors (Lipinski definition) is 3. The lowest BCUT2D eigenvalue weighted by Crippen LogP contribution is -2.29. The Kier molecular flexibility index (Phi) is 3.71. The molecule has 1 radical (unpaired) electrons. The summed E-state index contributed by atoms with van der Waals surface area (Å²) in [7, 11) is 3.14. The quantitative estimate of drug-likeness (QED) is 0.798. The van der Waals surface area contributed by atoms with Gasteiger partial charge in [0.25, 0.3) is 0 Å². The number of para-hydroxylation sites is 1. The van der Waals surface area contributed by atoms with Crippen LogP contribution in [-0.4, -0.2) is 24.0 Å². The standard InChI is InChI=1S/C13H14ClN2O2/c1-13(17-2,18-3)12-8-9-15-16(12)11-7-5-4-6-10(11)14/h4-7,9H,1-3H3. The molecule has 0 aliphatic rings. The molecular weight excluding hydrogens is 252 g/mol. The first-order valence-corrected chi connectivity index (χ1v) is 5.81. The first-order chi connectivity index (χ1) is 8.62. The largest absolute Gasteiger partial charge is 0.348 e. The Hall–Kier alpha value is -1.36. The van der Waals surface area contributed by atoms with E-state index in [9.17, 15) is 0 Å². The lowest BCUT2D eigenvalue weighted by atomic mass is 10.2. The number of halogens is 1. The summed E-state index contributed by atoms with van der Waals surface area (Å²) < 4.78 is 12.4. The molecule has 0 bridgehead atoms. The Morgan fingerprint density at radius 3 is 2.56 bits per heavy atom. The molecule has 4 nitrogen and oxygen atoms in total. The number of aromatic nitrogens is 2. The van der Waals surface area contributed by atoms with Crippen molar-refractivity contribution in [2.75, 3.05) is 14.2 Å². The van der Waals surface area contributed by atoms with Crippen molar-refractivity contribution >= 4 is 11.6 Å². The zero-order valence-electron chi connectivity index (χ0n) is 10.5. The van der Waals surface area contributed by atoms with Gasteiger partial charge in [-0.25, -0.2) is 4.68 Å². The second-order valence-electron chi connectivity index (χ2n) is 3.85. The maximum Gasteiger partial charge on any atom is 0.209 e. The van der Waals surface area contributed by atoms with Gasteiger partial charge in [0.2, 0.25) is 5.79 Å². The molecule has 0 saturated carbocycles. The molecule has 0 amide bonds.